The normalized spacial score (nSPS) is 19.4. The van der Waals surface area contributed by atoms with Crippen molar-refractivity contribution in [1.29, 1.82) is 0 Å². The molecule has 33 heavy (non-hydrogen) atoms. The van der Waals surface area contributed by atoms with Crippen LogP contribution in [0.5, 0.6) is 5.75 Å². The van der Waals surface area contributed by atoms with Gasteiger partial charge in [-0.25, -0.2) is 0 Å². The first kappa shape index (κ1) is 21.3. The molecule has 3 aromatic carbocycles. The number of fused-ring (bicyclic) bond motifs is 1. The number of likely N-dealkylation sites (N-methyl/N-ethyl adjacent to an activating group) is 1. The highest BCUT2D eigenvalue weighted by Gasteiger charge is 2.47. The number of ketones is 1. The number of para-hydroxylation sites is 1. The number of nitrogens with zero attached hydrogens (tertiary/aromatic N) is 2. The Morgan fingerprint density at radius 3 is 2.48 bits per heavy atom. The quantitative estimate of drug-likeness (QED) is 0.312. The number of aliphatic hydroxyl groups is 1. The highest BCUT2D eigenvalue weighted by atomic mass is 79.9. The topological polar surface area (TPSA) is 70.1 Å². The van der Waals surface area contributed by atoms with Crippen molar-refractivity contribution in [3.63, 3.8) is 0 Å². The maximum absolute atomic E-state index is 13.3. The Kier molecular flexibility index (Phi) is 5.42. The van der Waals surface area contributed by atoms with Crippen molar-refractivity contribution in [2.24, 2.45) is 0 Å². The minimum atomic E-state index is -0.759. The molecule has 0 saturated carbocycles. The molecular formula is C26H21BrN2O4. The first-order valence-electron chi connectivity index (χ1n) is 10.6. The van der Waals surface area contributed by atoms with Crippen LogP contribution in [0.25, 0.3) is 5.76 Å². The van der Waals surface area contributed by atoms with E-state index in [1.807, 2.05) is 54.4 Å². The van der Waals surface area contributed by atoms with E-state index < -0.39 is 17.7 Å². The Hall–Kier alpha value is -3.58. The Morgan fingerprint density at radius 2 is 1.76 bits per heavy atom. The van der Waals surface area contributed by atoms with E-state index in [1.54, 1.807) is 30.3 Å². The first-order chi connectivity index (χ1) is 16.0. The SMILES string of the molecule is CN1CCOc2ccc(/C(O)=C3/C(=O)C(=O)N(c4ccccc4)C3c3ccc(Br)cc3)cc21. The number of hydrogen-bond donors (Lipinski definition) is 1. The van der Waals surface area contributed by atoms with Gasteiger partial charge < -0.3 is 14.7 Å². The van der Waals surface area contributed by atoms with Crippen molar-refractivity contribution in [3.05, 3.63) is 94.0 Å². The van der Waals surface area contributed by atoms with Crippen LogP contribution in [0.1, 0.15) is 17.2 Å². The number of Topliss-reactive ketones (excluding diaryl/α,β-unsaturated/α-hetero) is 1. The number of carbonyl (C=O) groups excluding carboxylic acids is 2. The van der Waals surface area contributed by atoms with Crippen LogP contribution in [-0.4, -0.2) is 37.0 Å². The van der Waals surface area contributed by atoms with E-state index in [2.05, 4.69) is 15.9 Å². The predicted octanol–water partition coefficient (Wildman–Crippen LogP) is 4.90. The van der Waals surface area contributed by atoms with Crippen LogP contribution in [0.15, 0.2) is 82.8 Å². The van der Waals surface area contributed by atoms with Crippen LogP contribution < -0.4 is 14.5 Å². The number of aliphatic hydroxyl groups excluding tert-OH is 1. The number of benzene rings is 3. The average Bonchev–Trinajstić information content (AvgIpc) is 3.10. The third kappa shape index (κ3) is 3.68. The van der Waals surface area contributed by atoms with Crippen molar-refractivity contribution in [1.82, 2.24) is 0 Å². The zero-order chi connectivity index (χ0) is 23.1. The van der Waals surface area contributed by atoms with E-state index in [-0.39, 0.29) is 11.3 Å². The summed E-state index contributed by atoms with van der Waals surface area (Å²) < 4.78 is 6.57. The number of ether oxygens (including phenoxy) is 1. The van der Waals surface area contributed by atoms with Crippen LogP contribution in [0, 0.1) is 0 Å². The molecule has 5 rings (SSSR count). The lowest BCUT2D eigenvalue weighted by molar-refractivity contribution is -0.132. The van der Waals surface area contributed by atoms with E-state index in [4.69, 9.17) is 4.74 Å². The molecule has 1 fully saturated rings. The van der Waals surface area contributed by atoms with Crippen molar-refractivity contribution in [2.75, 3.05) is 30.0 Å². The van der Waals surface area contributed by atoms with Crippen LogP contribution in [0.2, 0.25) is 0 Å². The van der Waals surface area contributed by atoms with Gasteiger partial charge >= 0.3 is 0 Å². The van der Waals surface area contributed by atoms with Gasteiger partial charge in [0.15, 0.2) is 0 Å². The maximum atomic E-state index is 13.3. The third-order valence-electron chi connectivity index (χ3n) is 5.99. The average molecular weight is 505 g/mol. The van der Waals surface area contributed by atoms with Gasteiger partial charge in [-0.3, -0.25) is 14.5 Å². The van der Waals surface area contributed by atoms with Gasteiger partial charge in [-0.2, -0.15) is 0 Å². The Bertz CT molecular complexity index is 1270. The lowest BCUT2D eigenvalue weighted by Gasteiger charge is -2.28. The monoisotopic (exact) mass is 504 g/mol. The van der Waals surface area contributed by atoms with Crippen molar-refractivity contribution >= 4 is 44.8 Å². The molecule has 2 heterocycles. The first-order valence-corrected chi connectivity index (χ1v) is 11.3. The maximum Gasteiger partial charge on any atom is 0.300 e. The molecule has 7 heteroatoms. The molecule has 0 spiro atoms. The van der Waals surface area contributed by atoms with E-state index in [0.29, 0.717) is 24.4 Å². The number of amides is 1. The molecule has 2 aliphatic rings. The summed E-state index contributed by atoms with van der Waals surface area (Å²) in [5.41, 5.74) is 2.65. The fourth-order valence-corrected chi connectivity index (χ4v) is 4.57. The summed E-state index contributed by atoms with van der Waals surface area (Å²) in [7, 11) is 1.95. The molecule has 1 atom stereocenters. The lowest BCUT2D eigenvalue weighted by atomic mass is 9.95. The number of halogens is 1. The van der Waals surface area contributed by atoms with Gasteiger partial charge in [-0.05, 0) is 48.0 Å². The Labute approximate surface area is 199 Å². The molecule has 1 saturated heterocycles. The van der Waals surface area contributed by atoms with Gasteiger partial charge in [0.25, 0.3) is 11.7 Å². The fraction of sp³-hybridized carbons (Fsp3) is 0.154. The molecule has 0 aromatic heterocycles. The molecule has 1 N–H and O–H groups in total. The highest BCUT2D eigenvalue weighted by Crippen LogP contribution is 2.43. The van der Waals surface area contributed by atoms with Gasteiger partial charge in [0.05, 0.1) is 23.8 Å². The van der Waals surface area contributed by atoms with Gasteiger partial charge in [0.2, 0.25) is 0 Å². The summed E-state index contributed by atoms with van der Waals surface area (Å²) in [4.78, 5) is 29.9. The summed E-state index contributed by atoms with van der Waals surface area (Å²) in [5, 5.41) is 11.4. The summed E-state index contributed by atoms with van der Waals surface area (Å²) >= 11 is 3.43. The van der Waals surface area contributed by atoms with Crippen LogP contribution in [0.4, 0.5) is 11.4 Å². The molecule has 0 radical (unpaired) electrons. The Balaban J connectivity index is 1.69. The van der Waals surface area contributed by atoms with E-state index in [9.17, 15) is 14.7 Å². The second kappa shape index (κ2) is 8.41. The molecule has 1 amide bonds. The molecule has 6 nitrogen and oxygen atoms in total. The molecule has 2 aliphatic heterocycles. The third-order valence-corrected chi connectivity index (χ3v) is 6.52. The van der Waals surface area contributed by atoms with Gasteiger partial charge in [-0.15, -0.1) is 0 Å². The van der Waals surface area contributed by atoms with Crippen LogP contribution in [-0.2, 0) is 9.59 Å². The number of carbonyl (C=O) groups is 2. The number of hydrogen-bond acceptors (Lipinski definition) is 5. The summed E-state index contributed by atoms with van der Waals surface area (Å²) in [5.74, 6) is -0.878. The highest BCUT2D eigenvalue weighted by molar-refractivity contribution is 9.10. The number of rotatable bonds is 3. The molecule has 3 aromatic rings. The number of anilines is 2. The standard InChI is InChI=1S/C26H21BrN2O4/c1-28-13-14-33-21-12-9-17(15-20(21)28)24(30)22-23(16-7-10-18(27)11-8-16)29(26(32)25(22)31)19-5-3-2-4-6-19/h2-12,15,23,30H,13-14H2,1H3/b24-22-. The minimum absolute atomic E-state index is 0.0607. The van der Waals surface area contributed by atoms with Crippen LogP contribution >= 0.6 is 15.9 Å². The van der Waals surface area contributed by atoms with Gasteiger partial charge in [0, 0.05) is 22.8 Å². The molecule has 166 valence electrons. The summed E-state index contributed by atoms with van der Waals surface area (Å²) in [6.45, 7) is 1.30. The molecule has 0 aliphatic carbocycles. The summed E-state index contributed by atoms with van der Waals surface area (Å²) in [6.07, 6.45) is 0. The van der Waals surface area contributed by atoms with Crippen molar-refractivity contribution < 1.29 is 19.4 Å². The van der Waals surface area contributed by atoms with Crippen molar-refractivity contribution in [2.45, 2.75) is 6.04 Å². The summed E-state index contributed by atoms with van der Waals surface area (Å²) in [6, 6.07) is 20.9. The van der Waals surface area contributed by atoms with Gasteiger partial charge in [-0.1, -0.05) is 46.3 Å². The molecule has 0 bridgehead atoms. The van der Waals surface area contributed by atoms with E-state index in [1.165, 1.54) is 4.90 Å². The van der Waals surface area contributed by atoms with E-state index >= 15 is 0 Å². The van der Waals surface area contributed by atoms with Crippen molar-refractivity contribution in [3.8, 4) is 5.75 Å². The lowest BCUT2D eigenvalue weighted by Crippen LogP contribution is -2.29. The minimum Gasteiger partial charge on any atom is -0.507 e. The van der Waals surface area contributed by atoms with E-state index in [0.717, 1.165) is 21.5 Å². The largest absolute Gasteiger partial charge is 0.507 e. The fourth-order valence-electron chi connectivity index (χ4n) is 4.30. The zero-order valence-corrected chi connectivity index (χ0v) is 19.5. The second-order valence-corrected chi connectivity index (χ2v) is 8.92. The second-order valence-electron chi connectivity index (χ2n) is 8.01. The smallest absolute Gasteiger partial charge is 0.300 e. The van der Waals surface area contributed by atoms with Crippen LogP contribution in [0.3, 0.4) is 0 Å². The predicted molar refractivity (Wildman–Crippen MR) is 131 cm³/mol. The zero-order valence-electron chi connectivity index (χ0n) is 17.9. The molecule has 1 unspecified atom stereocenters. The van der Waals surface area contributed by atoms with Gasteiger partial charge in [0.1, 0.15) is 18.1 Å². The molecular weight excluding hydrogens is 484 g/mol. The Morgan fingerprint density at radius 1 is 1.03 bits per heavy atom.